The number of hydrogen-bond acceptors (Lipinski definition) is 3. The van der Waals surface area contributed by atoms with Crippen LogP contribution in [-0.4, -0.2) is 10.9 Å². The molecule has 0 spiro atoms. The molecule has 2 aromatic rings. The summed E-state index contributed by atoms with van der Waals surface area (Å²) in [6, 6.07) is 9.29. The summed E-state index contributed by atoms with van der Waals surface area (Å²) in [5, 5.41) is 2.69. The highest BCUT2D eigenvalue weighted by Gasteiger charge is 2.19. The van der Waals surface area contributed by atoms with Gasteiger partial charge in [-0.1, -0.05) is 37.3 Å². The molecule has 0 fully saturated rings. The number of aromatic nitrogens is 1. The van der Waals surface area contributed by atoms with Gasteiger partial charge in [-0.3, -0.25) is 4.79 Å². The molecule has 1 heterocycles. The maximum Gasteiger partial charge on any atom is 0.248 e. The fourth-order valence-corrected chi connectivity index (χ4v) is 2.86. The van der Waals surface area contributed by atoms with Gasteiger partial charge < -0.3 is 5.32 Å². The fourth-order valence-electron chi connectivity index (χ4n) is 1.75. The maximum atomic E-state index is 12.0. The zero-order chi connectivity index (χ0) is 13.8. The van der Waals surface area contributed by atoms with E-state index in [0.29, 0.717) is 5.13 Å². The summed E-state index contributed by atoms with van der Waals surface area (Å²) in [5.41, 5.74) is 1.80. The average molecular weight is 295 g/mol. The van der Waals surface area contributed by atoms with E-state index in [1.54, 1.807) is 0 Å². The Hall–Kier alpha value is -1.39. The molecule has 100 valence electrons. The van der Waals surface area contributed by atoms with Gasteiger partial charge in [-0.2, -0.15) is 0 Å². The lowest BCUT2D eigenvalue weighted by Gasteiger charge is -2.08. The van der Waals surface area contributed by atoms with Crippen molar-refractivity contribution in [3.05, 3.63) is 46.5 Å². The molecule has 1 N–H and O–H groups in total. The zero-order valence-electron chi connectivity index (χ0n) is 10.8. The summed E-state index contributed by atoms with van der Waals surface area (Å²) < 4.78 is 0. The van der Waals surface area contributed by atoms with Crippen LogP contribution in [0.4, 0.5) is 5.13 Å². The third-order valence-electron chi connectivity index (χ3n) is 2.78. The van der Waals surface area contributed by atoms with Gasteiger partial charge in [-0.15, -0.1) is 22.9 Å². The summed E-state index contributed by atoms with van der Waals surface area (Å²) in [5.74, 6) is -0.246. The number of benzene rings is 1. The molecule has 0 saturated carbocycles. The summed E-state index contributed by atoms with van der Waals surface area (Å²) in [4.78, 5) is 17.5. The number of carbonyl (C=O) groups excluding carboxylic acids is 1. The van der Waals surface area contributed by atoms with Crippen LogP contribution in [0.1, 0.15) is 28.4 Å². The summed E-state index contributed by atoms with van der Waals surface area (Å²) in [7, 11) is 0. The molecule has 1 unspecified atom stereocenters. The zero-order valence-corrected chi connectivity index (χ0v) is 12.4. The van der Waals surface area contributed by atoms with Crippen LogP contribution >= 0.6 is 22.9 Å². The van der Waals surface area contributed by atoms with Crippen molar-refractivity contribution in [2.75, 3.05) is 5.32 Å². The van der Waals surface area contributed by atoms with Crippen LogP contribution in [0.25, 0.3) is 0 Å². The molecule has 1 amide bonds. The number of rotatable bonds is 4. The molecule has 0 saturated heterocycles. The van der Waals surface area contributed by atoms with E-state index in [2.05, 4.69) is 10.3 Å². The number of halogens is 1. The molecule has 0 bridgehead atoms. The van der Waals surface area contributed by atoms with E-state index in [-0.39, 0.29) is 5.91 Å². The third-order valence-corrected chi connectivity index (χ3v) is 4.16. The average Bonchev–Trinajstić information content (AvgIpc) is 2.78. The van der Waals surface area contributed by atoms with E-state index < -0.39 is 5.38 Å². The Balaban J connectivity index is 2.08. The quantitative estimate of drug-likeness (QED) is 0.868. The van der Waals surface area contributed by atoms with Crippen LogP contribution < -0.4 is 5.32 Å². The van der Waals surface area contributed by atoms with Crippen molar-refractivity contribution in [1.82, 2.24) is 4.98 Å². The van der Waals surface area contributed by atoms with E-state index in [0.717, 1.165) is 22.6 Å². The predicted octanol–water partition coefficient (Wildman–Crippen LogP) is 3.93. The lowest BCUT2D eigenvalue weighted by Crippen LogP contribution is -2.17. The number of nitrogens with one attached hydrogen (secondary N) is 1. The van der Waals surface area contributed by atoms with Gasteiger partial charge in [-0.05, 0) is 18.9 Å². The molecular formula is C14H15ClN2OS. The van der Waals surface area contributed by atoms with Gasteiger partial charge in [-0.25, -0.2) is 4.98 Å². The van der Waals surface area contributed by atoms with Gasteiger partial charge in [0.05, 0.1) is 5.69 Å². The van der Waals surface area contributed by atoms with Gasteiger partial charge in [0.15, 0.2) is 5.13 Å². The summed E-state index contributed by atoms with van der Waals surface area (Å²) in [6.07, 6.45) is 0.862. The Morgan fingerprint density at radius 1 is 1.42 bits per heavy atom. The number of amides is 1. The number of anilines is 1. The van der Waals surface area contributed by atoms with Crippen LogP contribution in [-0.2, 0) is 11.2 Å². The Kier molecular flexibility index (Phi) is 4.56. The van der Waals surface area contributed by atoms with Crippen molar-refractivity contribution in [1.29, 1.82) is 0 Å². The highest BCUT2D eigenvalue weighted by molar-refractivity contribution is 7.15. The van der Waals surface area contributed by atoms with Gasteiger partial charge in [0.2, 0.25) is 5.91 Å². The first-order valence-electron chi connectivity index (χ1n) is 6.08. The van der Waals surface area contributed by atoms with Crippen molar-refractivity contribution < 1.29 is 4.79 Å². The first-order chi connectivity index (χ1) is 9.11. The predicted molar refractivity (Wildman–Crippen MR) is 79.9 cm³/mol. The second-order valence-electron chi connectivity index (χ2n) is 4.14. The van der Waals surface area contributed by atoms with Crippen LogP contribution in [0.5, 0.6) is 0 Å². The number of hydrogen-bond donors (Lipinski definition) is 1. The smallest absolute Gasteiger partial charge is 0.248 e. The van der Waals surface area contributed by atoms with Gasteiger partial charge in [0, 0.05) is 4.88 Å². The number of alkyl halides is 1. The normalized spacial score (nSPS) is 12.2. The number of aryl methyl sites for hydroxylation is 2. The Labute approximate surface area is 121 Å². The second-order valence-corrected chi connectivity index (χ2v) is 5.78. The molecule has 3 nitrogen and oxygen atoms in total. The minimum atomic E-state index is -0.699. The van der Waals surface area contributed by atoms with Crippen LogP contribution in [0, 0.1) is 6.92 Å². The van der Waals surface area contributed by atoms with Crippen molar-refractivity contribution in [2.45, 2.75) is 25.6 Å². The number of nitrogens with zero attached hydrogens (tertiary/aromatic N) is 1. The van der Waals surface area contributed by atoms with E-state index in [1.165, 1.54) is 11.3 Å². The molecule has 0 aliphatic carbocycles. The monoisotopic (exact) mass is 294 g/mol. The van der Waals surface area contributed by atoms with Crippen molar-refractivity contribution in [3.8, 4) is 0 Å². The van der Waals surface area contributed by atoms with Crippen molar-refractivity contribution >= 4 is 34.0 Å². The SMILES string of the molecule is CCc1nc(NC(=O)C(Cl)c2ccccc2)sc1C. The Bertz CT molecular complexity index is 568. The Morgan fingerprint density at radius 3 is 2.68 bits per heavy atom. The lowest BCUT2D eigenvalue weighted by molar-refractivity contribution is -0.116. The Morgan fingerprint density at radius 2 is 2.11 bits per heavy atom. The fraction of sp³-hybridized carbons (Fsp3) is 0.286. The number of thiazole rings is 1. The van der Waals surface area contributed by atoms with E-state index >= 15 is 0 Å². The molecule has 0 aliphatic rings. The van der Waals surface area contributed by atoms with E-state index in [9.17, 15) is 4.79 Å². The van der Waals surface area contributed by atoms with E-state index in [4.69, 9.17) is 11.6 Å². The first-order valence-corrected chi connectivity index (χ1v) is 7.33. The maximum absolute atomic E-state index is 12.0. The highest BCUT2D eigenvalue weighted by Crippen LogP contribution is 2.26. The molecule has 0 aliphatic heterocycles. The van der Waals surface area contributed by atoms with E-state index in [1.807, 2.05) is 44.2 Å². The summed E-state index contributed by atoms with van der Waals surface area (Å²) in [6.45, 7) is 4.05. The van der Waals surface area contributed by atoms with Crippen LogP contribution in [0.15, 0.2) is 30.3 Å². The standard InChI is InChI=1S/C14H15ClN2OS/c1-3-11-9(2)19-14(16-11)17-13(18)12(15)10-7-5-4-6-8-10/h4-8,12H,3H2,1-2H3,(H,16,17,18). The minimum Gasteiger partial charge on any atom is -0.300 e. The number of carbonyl (C=O) groups is 1. The third kappa shape index (κ3) is 3.33. The first kappa shape index (κ1) is 14.0. The molecule has 1 aromatic carbocycles. The molecule has 0 radical (unpaired) electrons. The molecule has 1 atom stereocenters. The molecular weight excluding hydrogens is 280 g/mol. The largest absolute Gasteiger partial charge is 0.300 e. The molecule has 5 heteroatoms. The highest BCUT2D eigenvalue weighted by atomic mass is 35.5. The summed E-state index contributed by atoms with van der Waals surface area (Å²) >= 11 is 7.63. The van der Waals surface area contributed by atoms with Crippen LogP contribution in [0.3, 0.4) is 0 Å². The molecule has 1 aromatic heterocycles. The van der Waals surface area contributed by atoms with Gasteiger partial charge in [0.25, 0.3) is 0 Å². The molecule has 2 rings (SSSR count). The van der Waals surface area contributed by atoms with Crippen molar-refractivity contribution in [2.24, 2.45) is 0 Å². The minimum absolute atomic E-state index is 0.246. The topological polar surface area (TPSA) is 42.0 Å². The molecule has 19 heavy (non-hydrogen) atoms. The van der Waals surface area contributed by atoms with Gasteiger partial charge in [0.1, 0.15) is 5.38 Å². The lowest BCUT2D eigenvalue weighted by atomic mass is 10.1. The van der Waals surface area contributed by atoms with Crippen molar-refractivity contribution in [3.63, 3.8) is 0 Å². The second kappa shape index (κ2) is 6.17. The van der Waals surface area contributed by atoms with Gasteiger partial charge >= 0.3 is 0 Å². The van der Waals surface area contributed by atoms with Crippen LogP contribution in [0.2, 0.25) is 0 Å².